The highest BCUT2D eigenvalue weighted by Crippen LogP contribution is 2.27. The van der Waals surface area contributed by atoms with Gasteiger partial charge in [0.1, 0.15) is 0 Å². The summed E-state index contributed by atoms with van der Waals surface area (Å²) in [6.07, 6.45) is 9.89. The van der Waals surface area contributed by atoms with Crippen LogP contribution in [0.3, 0.4) is 0 Å². The zero-order valence-corrected chi connectivity index (χ0v) is 13.0. The van der Waals surface area contributed by atoms with E-state index >= 15 is 0 Å². The zero-order chi connectivity index (χ0) is 13.7. The van der Waals surface area contributed by atoms with Crippen molar-refractivity contribution in [2.75, 3.05) is 20.2 Å². The minimum absolute atomic E-state index is 0.401. The number of nitrogens with one attached hydrogen (secondary N) is 1. The highest BCUT2D eigenvalue weighted by molar-refractivity contribution is 4.91. The average Bonchev–Trinajstić information content (AvgIpc) is 2.79. The van der Waals surface area contributed by atoms with E-state index in [1.165, 1.54) is 44.9 Å². The van der Waals surface area contributed by atoms with E-state index in [4.69, 9.17) is 4.74 Å². The van der Waals surface area contributed by atoms with Gasteiger partial charge in [-0.15, -0.1) is 0 Å². The Balaban J connectivity index is 2.02. The molecule has 0 radical (unpaired) electrons. The summed E-state index contributed by atoms with van der Waals surface area (Å²) in [5.74, 6) is 0. The SMILES string of the molecule is CCNC1CCCCCCC1N(C)C1CCOC1C. The van der Waals surface area contributed by atoms with Crippen molar-refractivity contribution in [3.05, 3.63) is 0 Å². The Kier molecular flexibility index (Phi) is 6.11. The Bertz CT molecular complexity index is 259. The normalized spacial score (nSPS) is 37.3. The van der Waals surface area contributed by atoms with Gasteiger partial charge in [0.25, 0.3) is 0 Å². The first-order chi connectivity index (χ1) is 9.24. The molecule has 3 heteroatoms. The minimum atomic E-state index is 0.401. The van der Waals surface area contributed by atoms with Gasteiger partial charge in [0.05, 0.1) is 6.10 Å². The Labute approximate surface area is 119 Å². The minimum Gasteiger partial charge on any atom is -0.377 e. The van der Waals surface area contributed by atoms with Crippen molar-refractivity contribution in [2.24, 2.45) is 0 Å². The van der Waals surface area contributed by atoms with Gasteiger partial charge in [0.2, 0.25) is 0 Å². The molecule has 1 saturated carbocycles. The Morgan fingerprint density at radius 1 is 1.05 bits per heavy atom. The first-order valence-electron chi connectivity index (χ1n) is 8.31. The third-order valence-corrected chi connectivity index (χ3v) is 5.08. The Hall–Kier alpha value is -0.120. The molecule has 1 heterocycles. The van der Waals surface area contributed by atoms with E-state index in [2.05, 4.69) is 31.1 Å². The molecular formula is C16H32N2O. The molecule has 0 aromatic carbocycles. The van der Waals surface area contributed by atoms with Crippen molar-refractivity contribution in [3.8, 4) is 0 Å². The van der Waals surface area contributed by atoms with E-state index in [-0.39, 0.29) is 0 Å². The molecule has 0 spiro atoms. The number of nitrogens with zero attached hydrogens (tertiary/aromatic N) is 1. The zero-order valence-electron chi connectivity index (χ0n) is 13.0. The lowest BCUT2D eigenvalue weighted by molar-refractivity contribution is 0.0520. The van der Waals surface area contributed by atoms with E-state index < -0.39 is 0 Å². The summed E-state index contributed by atoms with van der Waals surface area (Å²) in [6, 6.07) is 1.98. The fraction of sp³-hybridized carbons (Fsp3) is 1.00. The van der Waals surface area contributed by atoms with Crippen LogP contribution in [0.15, 0.2) is 0 Å². The van der Waals surface area contributed by atoms with Crippen LogP contribution in [0.2, 0.25) is 0 Å². The number of ether oxygens (including phenoxy) is 1. The maximum Gasteiger partial charge on any atom is 0.0703 e. The fourth-order valence-electron chi connectivity index (χ4n) is 3.95. The summed E-state index contributed by atoms with van der Waals surface area (Å²) < 4.78 is 5.77. The van der Waals surface area contributed by atoms with Gasteiger partial charge in [0, 0.05) is 24.7 Å². The number of rotatable bonds is 4. The number of hydrogen-bond acceptors (Lipinski definition) is 3. The van der Waals surface area contributed by atoms with Crippen LogP contribution >= 0.6 is 0 Å². The van der Waals surface area contributed by atoms with Gasteiger partial charge in [-0.25, -0.2) is 0 Å². The first kappa shape index (κ1) is 15.3. The molecule has 2 fully saturated rings. The van der Waals surface area contributed by atoms with Crippen LogP contribution in [0.5, 0.6) is 0 Å². The van der Waals surface area contributed by atoms with Crippen molar-refractivity contribution in [2.45, 2.75) is 83.0 Å². The van der Waals surface area contributed by atoms with Crippen LogP contribution in [0.25, 0.3) is 0 Å². The van der Waals surface area contributed by atoms with Crippen molar-refractivity contribution >= 4 is 0 Å². The predicted octanol–water partition coefficient (Wildman–Crippen LogP) is 2.80. The number of likely N-dealkylation sites (N-methyl/N-ethyl adjacent to an activating group) is 2. The molecule has 2 rings (SSSR count). The molecule has 1 saturated heterocycles. The van der Waals surface area contributed by atoms with Crippen LogP contribution in [0, 0.1) is 0 Å². The highest BCUT2D eigenvalue weighted by Gasteiger charge is 2.34. The second-order valence-corrected chi connectivity index (χ2v) is 6.32. The molecule has 4 unspecified atom stereocenters. The quantitative estimate of drug-likeness (QED) is 0.848. The topological polar surface area (TPSA) is 24.5 Å². The van der Waals surface area contributed by atoms with Gasteiger partial charge in [-0.05, 0) is 39.8 Å². The Morgan fingerprint density at radius 3 is 2.42 bits per heavy atom. The lowest BCUT2D eigenvalue weighted by Gasteiger charge is -2.40. The van der Waals surface area contributed by atoms with Crippen molar-refractivity contribution in [3.63, 3.8) is 0 Å². The summed E-state index contributed by atoms with van der Waals surface area (Å²) in [5.41, 5.74) is 0. The van der Waals surface area contributed by atoms with Gasteiger partial charge in [-0.1, -0.05) is 32.6 Å². The summed E-state index contributed by atoms with van der Waals surface area (Å²) in [4.78, 5) is 2.64. The van der Waals surface area contributed by atoms with E-state index in [1.807, 2.05) is 0 Å². The first-order valence-corrected chi connectivity index (χ1v) is 8.31. The van der Waals surface area contributed by atoms with Gasteiger partial charge >= 0.3 is 0 Å². The maximum absolute atomic E-state index is 5.77. The average molecular weight is 268 g/mol. The molecule has 0 amide bonds. The largest absolute Gasteiger partial charge is 0.377 e. The molecule has 0 aromatic heterocycles. The molecule has 0 aromatic rings. The summed E-state index contributed by atoms with van der Waals surface area (Å²) in [5, 5.41) is 3.74. The van der Waals surface area contributed by atoms with Gasteiger partial charge in [0.15, 0.2) is 0 Å². The molecule has 4 atom stereocenters. The predicted molar refractivity (Wildman–Crippen MR) is 80.5 cm³/mol. The van der Waals surface area contributed by atoms with Crippen molar-refractivity contribution in [1.82, 2.24) is 10.2 Å². The highest BCUT2D eigenvalue weighted by atomic mass is 16.5. The second kappa shape index (κ2) is 7.61. The molecular weight excluding hydrogens is 236 g/mol. The molecule has 0 bridgehead atoms. The van der Waals surface area contributed by atoms with Gasteiger partial charge in [-0.3, -0.25) is 4.90 Å². The van der Waals surface area contributed by atoms with Crippen LogP contribution in [-0.4, -0.2) is 49.3 Å². The summed E-state index contributed by atoms with van der Waals surface area (Å²) in [6.45, 7) is 6.50. The smallest absolute Gasteiger partial charge is 0.0703 e. The standard InChI is InChI=1S/C16H32N2O/c1-4-17-14-9-7-5-6-8-10-16(14)18(3)15-11-12-19-13(15)2/h13-17H,4-12H2,1-3H3. The third-order valence-electron chi connectivity index (χ3n) is 5.08. The summed E-state index contributed by atoms with van der Waals surface area (Å²) >= 11 is 0. The van der Waals surface area contributed by atoms with Crippen LogP contribution in [0.4, 0.5) is 0 Å². The van der Waals surface area contributed by atoms with Crippen LogP contribution < -0.4 is 5.32 Å². The fourth-order valence-corrected chi connectivity index (χ4v) is 3.95. The molecule has 112 valence electrons. The van der Waals surface area contributed by atoms with E-state index in [9.17, 15) is 0 Å². The molecule has 2 aliphatic rings. The molecule has 3 nitrogen and oxygen atoms in total. The van der Waals surface area contributed by atoms with Crippen LogP contribution in [0.1, 0.15) is 58.8 Å². The third kappa shape index (κ3) is 3.93. The Morgan fingerprint density at radius 2 is 1.79 bits per heavy atom. The molecule has 1 aliphatic heterocycles. The maximum atomic E-state index is 5.77. The van der Waals surface area contributed by atoms with Gasteiger partial charge in [-0.2, -0.15) is 0 Å². The lowest BCUT2D eigenvalue weighted by Crippen LogP contribution is -2.53. The monoisotopic (exact) mass is 268 g/mol. The van der Waals surface area contributed by atoms with Crippen molar-refractivity contribution < 1.29 is 4.74 Å². The van der Waals surface area contributed by atoms with Crippen LogP contribution in [-0.2, 0) is 4.74 Å². The molecule has 1 N–H and O–H groups in total. The molecule has 1 aliphatic carbocycles. The lowest BCUT2D eigenvalue weighted by atomic mass is 9.90. The van der Waals surface area contributed by atoms with E-state index in [0.29, 0.717) is 24.2 Å². The number of hydrogen-bond donors (Lipinski definition) is 1. The van der Waals surface area contributed by atoms with Crippen molar-refractivity contribution in [1.29, 1.82) is 0 Å². The van der Waals surface area contributed by atoms with E-state index in [1.54, 1.807) is 0 Å². The summed E-state index contributed by atoms with van der Waals surface area (Å²) in [7, 11) is 2.33. The second-order valence-electron chi connectivity index (χ2n) is 6.32. The van der Waals surface area contributed by atoms with E-state index in [0.717, 1.165) is 13.2 Å². The van der Waals surface area contributed by atoms with Gasteiger partial charge < -0.3 is 10.1 Å². The molecule has 19 heavy (non-hydrogen) atoms.